The van der Waals surface area contributed by atoms with E-state index in [1.54, 1.807) is 36.4 Å². The van der Waals surface area contributed by atoms with Gasteiger partial charge in [0.15, 0.2) is 0 Å². The van der Waals surface area contributed by atoms with Gasteiger partial charge in [0.2, 0.25) is 23.1 Å². The highest BCUT2D eigenvalue weighted by Gasteiger charge is 2.36. The van der Waals surface area contributed by atoms with Gasteiger partial charge in [0.25, 0.3) is 0 Å². The van der Waals surface area contributed by atoms with E-state index < -0.39 is 0 Å². The maximum absolute atomic E-state index is 13.5. The van der Waals surface area contributed by atoms with Gasteiger partial charge < -0.3 is 9.47 Å². The molecule has 0 bridgehead atoms. The Kier molecular flexibility index (Phi) is 5.94. The van der Waals surface area contributed by atoms with Crippen LogP contribution in [-0.2, 0) is 10.8 Å². The fraction of sp³-hybridized carbons (Fsp3) is 0.267. The van der Waals surface area contributed by atoms with Crippen LogP contribution in [0.25, 0.3) is 0 Å². The molecule has 0 fully saturated rings. The number of ketones is 2. The largest absolute Gasteiger partial charge is 0.449 e. The SMILES string of the molecule is CC(C)(C)c1cccc(OC2=C(Oc3cccc(C(C)(C)C)c3)C(=O)c3ccccc3C2=O)c1. The van der Waals surface area contributed by atoms with Crippen LogP contribution in [0.15, 0.2) is 84.3 Å². The maximum atomic E-state index is 13.5. The van der Waals surface area contributed by atoms with Crippen LogP contribution in [0.2, 0.25) is 0 Å². The first kappa shape index (κ1) is 23.5. The molecule has 0 radical (unpaired) electrons. The molecule has 3 aromatic carbocycles. The second kappa shape index (κ2) is 8.60. The summed E-state index contributed by atoms with van der Waals surface area (Å²) in [6.07, 6.45) is 0. The summed E-state index contributed by atoms with van der Waals surface area (Å²) in [4.78, 5) is 26.9. The molecule has 34 heavy (non-hydrogen) atoms. The molecule has 4 heteroatoms. The molecule has 0 amide bonds. The molecule has 0 aliphatic heterocycles. The van der Waals surface area contributed by atoms with Crippen LogP contribution in [0.4, 0.5) is 0 Å². The van der Waals surface area contributed by atoms with Gasteiger partial charge in [-0.05, 0) is 46.2 Å². The molecule has 4 nitrogen and oxygen atoms in total. The zero-order valence-electron chi connectivity index (χ0n) is 20.6. The molecule has 0 saturated carbocycles. The first-order chi connectivity index (χ1) is 15.9. The molecular formula is C30H30O4. The van der Waals surface area contributed by atoms with Crippen molar-refractivity contribution in [1.29, 1.82) is 0 Å². The number of carbonyl (C=O) groups excluding carboxylic acids is 2. The zero-order valence-corrected chi connectivity index (χ0v) is 20.6. The molecule has 0 unspecified atom stereocenters. The third-order valence-corrected chi connectivity index (χ3v) is 5.87. The smallest absolute Gasteiger partial charge is 0.233 e. The van der Waals surface area contributed by atoms with Crippen molar-refractivity contribution in [3.8, 4) is 11.5 Å². The molecule has 174 valence electrons. The van der Waals surface area contributed by atoms with Crippen molar-refractivity contribution in [1.82, 2.24) is 0 Å². The fourth-order valence-corrected chi connectivity index (χ4v) is 3.80. The minimum Gasteiger partial charge on any atom is -0.449 e. The van der Waals surface area contributed by atoms with Gasteiger partial charge in [-0.25, -0.2) is 0 Å². The van der Waals surface area contributed by atoms with E-state index >= 15 is 0 Å². The van der Waals surface area contributed by atoms with Crippen LogP contribution >= 0.6 is 0 Å². The van der Waals surface area contributed by atoms with Crippen molar-refractivity contribution in [2.75, 3.05) is 0 Å². The normalized spacial score (nSPS) is 14.2. The van der Waals surface area contributed by atoms with Crippen LogP contribution in [-0.4, -0.2) is 11.6 Å². The van der Waals surface area contributed by atoms with Crippen molar-refractivity contribution in [3.63, 3.8) is 0 Å². The lowest BCUT2D eigenvalue weighted by Crippen LogP contribution is -2.28. The summed E-state index contributed by atoms with van der Waals surface area (Å²) in [6, 6.07) is 21.9. The van der Waals surface area contributed by atoms with Gasteiger partial charge in [0, 0.05) is 11.1 Å². The van der Waals surface area contributed by atoms with Gasteiger partial charge in [-0.3, -0.25) is 9.59 Å². The summed E-state index contributed by atoms with van der Waals surface area (Å²) in [5, 5.41) is 0. The third kappa shape index (κ3) is 4.67. The van der Waals surface area contributed by atoms with Gasteiger partial charge in [-0.15, -0.1) is 0 Å². The summed E-state index contributed by atoms with van der Waals surface area (Å²) in [6.45, 7) is 12.6. The van der Waals surface area contributed by atoms with Gasteiger partial charge in [0.05, 0.1) is 0 Å². The lowest BCUT2D eigenvalue weighted by atomic mass is 9.87. The van der Waals surface area contributed by atoms with Crippen LogP contribution in [0.5, 0.6) is 11.5 Å². The number of benzene rings is 3. The Morgan fingerprint density at radius 2 is 0.912 bits per heavy atom. The average Bonchev–Trinajstić information content (AvgIpc) is 2.79. The molecule has 0 spiro atoms. The number of ether oxygens (including phenoxy) is 2. The third-order valence-electron chi connectivity index (χ3n) is 5.87. The summed E-state index contributed by atoms with van der Waals surface area (Å²) < 4.78 is 12.2. The summed E-state index contributed by atoms with van der Waals surface area (Å²) in [7, 11) is 0. The lowest BCUT2D eigenvalue weighted by Gasteiger charge is -2.23. The Balaban J connectivity index is 1.81. The van der Waals surface area contributed by atoms with E-state index in [2.05, 4.69) is 41.5 Å². The Hall–Kier alpha value is -3.66. The molecular weight excluding hydrogens is 424 g/mol. The predicted octanol–water partition coefficient (Wildman–Crippen LogP) is 7.03. The number of rotatable bonds is 4. The lowest BCUT2D eigenvalue weighted by molar-refractivity contribution is 0.0897. The van der Waals surface area contributed by atoms with E-state index in [-0.39, 0.29) is 33.9 Å². The van der Waals surface area contributed by atoms with Gasteiger partial charge >= 0.3 is 0 Å². The Morgan fingerprint density at radius 1 is 0.529 bits per heavy atom. The number of Topliss-reactive ketones (excluding diaryl/α,β-unsaturated/α-hetero) is 2. The fourth-order valence-electron chi connectivity index (χ4n) is 3.80. The van der Waals surface area contributed by atoms with Gasteiger partial charge in [-0.2, -0.15) is 0 Å². The van der Waals surface area contributed by atoms with Crippen molar-refractivity contribution in [3.05, 3.63) is 107 Å². The van der Waals surface area contributed by atoms with Crippen LogP contribution in [0, 0.1) is 0 Å². The van der Waals surface area contributed by atoms with Crippen molar-refractivity contribution >= 4 is 11.6 Å². The topological polar surface area (TPSA) is 52.6 Å². The quantitative estimate of drug-likeness (QED) is 0.425. The predicted molar refractivity (Wildman–Crippen MR) is 134 cm³/mol. The number of fused-ring (bicyclic) bond motifs is 1. The Labute approximate surface area is 201 Å². The molecule has 0 atom stereocenters. The number of hydrogen-bond donors (Lipinski definition) is 0. The highest BCUT2D eigenvalue weighted by atomic mass is 16.5. The minimum atomic E-state index is -0.377. The molecule has 1 aliphatic carbocycles. The van der Waals surface area contributed by atoms with E-state index in [4.69, 9.17) is 9.47 Å². The highest BCUT2D eigenvalue weighted by Crippen LogP contribution is 2.33. The second-order valence-electron chi connectivity index (χ2n) is 10.6. The van der Waals surface area contributed by atoms with E-state index in [9.17, 15) is 9.59 Å². The van der Waals surface area contributed by atoms with Crippen molar-refractivity contribution in [2.45, 2.75) is 52.4 Å². The first-order valence-corrected chi connectivity index (χ1v) is 11.4. The van der Waals surface area contributed by atoms with E-state index in [1.807, 2.05) is 36.4 Å². The summed E-state index contributed by atoms with van der Waals surface area (Å²) in [5.74, 6) is 0.00325. The number of hydrogen-bond acceptors (Lipinski definition) is 4. The molecule has 0 heterocycles. The average molecular weight is 455 g/mol. The highest BCUT2D eigenvalue weighted by molar-refractivity contribution is 6.25. The molecule has 1 aliphatic rings. The van der Waals surface area contributed by atoms with Crippen LogP contribution in [0.3, 0.4) is 0 Å². The zero-order chi connectivity index (χ0) is 24.7. The van der Waals surface area contributed by atoms with Gasteiger partial charge in [-0.1, -0.05) is 90.1 Å². The molecule has 4 rings (SSSR count). The van der Waals surface area contributed by atoms with Crippen LogP contribution < -0.4 is 9.47 Å². The molecule has 3 aromatic rings. The van der Waals surface area contributed by atoms with E-state index in [0.717, 1.165) is 11.1 Å². The first-order valence-electron chi connectivity index (χ1n) is 11.4. The Bertz CT molecular complexity index is 1200. The van der Waals surface area contributed by atoms with Crippen molar-refractivity contribution in [2.24, 2.45) is 0 Å². The standard InChI is InChI=1S/C30H30O4/c1-29(2,3)19-11-9-13-21(17-19)33-27-25(31)23-15-7-8-16-24(23)26(32)28(27)34-22-14-10-12-20(18-22)30(4,5)6/h7-18H,1-6H3. The molecule has 0 saturated heterocycles. The second-order valence-corrected chi connectivity index (χ2v) is 10.6. The molecule has 0 aromatic heterocycles. The summed E-state index contributed by atoms with van der Waals surface area (Å²) >= 11 is 0. The van der Waals surface area contributed by atoms with Crippen LogP contribution in [0.1, 0.15) is 73.4 Å². The van der Waals surface area contributed by atoms with E-state index in [0.29, 0.717) is 22.6 Å². The van der Waals surface area contributed by atoms with E-state index in [1.165, 1.54) is 0 Å². The monoisotopic (exact) mass is 454 g/mol. The number of carbonyl (C=O) groups is 2. The number of allylic oxidation sites excluding steroid dienone is 2. The van der Waals surface area contributed by atoms with Crippen molar-refractivity contribution < 1.29 is 19.1 Å². The maximum Gasteiger partial charge on any atom is 0.233 e. The minimum absolute atomic E-state index is 0.0977. The molecule has 0 N–H and O–H groups in total. The summed E-state index contributed by atoms with van der Waals surface area (Å²) in [5.41, 5.74) is 2.54. The van der Waals surface area contributed by atoms with Gasteiger partial charge in [0.1, 0.15) is 11.5 Å². The Morgan fingerprint density at radius 3 is 1.26 bits per heavy atom.